The summed E-state index contributed by atoms with van der Waals surface area (Å²) in [5, 5.41) is 5.73. The minimum Gasteiger partial charge on any atom is -0.353 e. The summed E-state index contributed by atoms with van der Waals surface area (Å²) in [5.74, 6) is -0.290. The van der Waals surface area contributed by atoms with Gasteiger partial charge in [0.25, 0.3) is 0 Å². The zero-order chi connectivity index (χ0) is 20.1. The van der Waals surface area contributed by atoms with Gasteiger partial charge in [-0.1, -0.05) is 0 Å². The van der Waals surface area contributed by atoms with Crippen LogP contribution in [0.15, 0.2) is 0 Å². The number of rotatable bonds is 6. The smallest absolute Gasteiger partial charge is 0.318 e. The van der Waals surface area contributed by atoms with Crippen LogP contribution in [0.4, 0.5) is 4.79 Å². The Bertz CT molecular complexity index is 779. The Balaban J connectivity index is 1.47. The molecular weight excluding hydrogens is 386 g/mol. The highest BCUT2D eigenvalue weighted by Crippen LogP contribution is 2.30. The lowest BCUT2D eigenvalue weighted by Gasteiger charge is -2.42. The van der Waals surface area contributed by atoms with Gasteiger partial charge in [-0.2, -0.15) is 0 Å². The summed E-state index contributed by atoms with van der Waals surface area (Å²) in [6, 6.07) is -1.50. The van der Waals surface area contributed by atoms with Crippen LogP contribution in [-0.4, -0.2) is 86.1 Å². The molecule has 0 aromatic heterocycles. The fourth-order valence-electron chi connectivity index (χ4n) is 4.02. The van der Waals surface area contributed by atoms with Gasteiger partial charge in [0.15, 0.2) is 0 Å². The van der Waals surface area contributed by atoms with Crippen molar-refractivity contribution in [3.63, 3.8) is 0 Å². The Morgan fingerprint density at radius 3 is 2.43 bits per heavy atom. The molecule has 0 unspecified atom stereocenters. The molecule has 0 spiro atoms. The molecule has 2 heterocycles. The van der Waals surface area contributed by atoms with Gasteiger partial charge in [0, 0.05) is 37.6 Å². The molecule has 4 amide bonds. The Hall–Kier alpha value is -1.88. The molecule has 4 aliphatic rings. The Morgan fingerprint density at radius 1 is 1.11 bits per heavy atom. The third-order valence-corrected chi connectivity index (χ3v) is 6.49. The average molecular weight is 414 g/mol. The van der Waals surface area contributed by atoms with Crippen molar-refractivity contribution < 1.29 is 22.8 Å². The van der Waals surface area contributed by atoms with Crippen molar-refractivity contribution in [3.8, 4) is 0 Å². The van der Waals surface area contributed by atoms with Crippen molar-refractivity contribution in [2.45, 2.75) is 56.3 Å². The number of amides is 4. The van der Waals surface area contributed by atoms with Crippen LogP contribution in [0.5, 0.6) is 0 Å². The van der Waals surface area contributed by atoms with E-state index >= 15 is 0 Å². The second kappa shape index (κ2) is 7.18. The Labute approximate surface area is 164 Å². The van der Waals surface area contributed by atoms with Crippen LogP contribution < -0.4 is 15.4 Å². The number of carbonyl (C=O) groups is 3. The van der Waals surface area contributed by atoms with Gasteiger partial charge in [0.05, 0.1) is 12.3 Å². The van der Waals surface area contributed by atoms with Crippen LogP contribution in [0.3, 0.4) is 0 Å². The van der Waals surface area contributed by atoms with Crippen LogP contribution in [0, 0.1) is 5.92 Å². The van der Waals surface area contributed by atoms with Crippen molar-refractivity contribution in [2.75, 3.05) is 25.9 Å². The lowest BCUT2D eigenvalue weighted by molar-refractivity contribution is -0.141. The molecule has 156 valence electrons. The lowest BCUT2D eigenvalue weighted by Crippen LogP contribution is -2.65. The van der Waals surface area contributed by atoms with Gasteiger partial charge in [-0.15, -0.1) is 0 Å². The maximum absolute atomic E-state index is 13.1. The van der Waals surface area contributed by atoms with Crippen molar-refractivity contribution in [1.29, 1.82) is 0 Å². The summed E-state index contributed by atoms with van der Waals surface area (Å²) in [6.07, 6.45) is 5.16. The molecule has 2 aliphatic heterocycles. The Kier molecular flexibility index (Phi) is 4.98. The number of sulfonamides is 1. The van der Waals surface area contributed by atoms with E-state index in [1.807, 2.05) is 0 Å². The van der Waals surface area contributed by atoms with Crippen molar-refractivity contribution in [2.24, 2.45) is 5.92 Å². The standard InChI is InChI=1S/C17H27N5O5S/c1-28(26,27)20-12-6-13-9-22(17(25)19-11-4-5-11)14(16(24)21(13)8-12)7-18-15(23)10-2-3-10/h10-14,20H,2-9H2,1H3,(H,18,23)(H,19,25)/t12-,13-,14-/m0/s1. The molecule has 2 aliphatic carbocycles. The normalized spacial score (nSPS) is 30.2. The summed E-state index contributed by atoms with van der Waals surface area (Å²) < 4.78 is 25.7. The van der Waals surface area contributed by atoms with Gasteiger partial charge in [0.2, 0.25) is 21.8 Å². The van der Waals surface area contributed by atoms with E-state index in [1.165, 1.54) is 4.90 Å². The molecule has 2 saturated carbocycles. The third kappa shape index (κ3) is 4.40. The molecule has 4 rings (SSSR count). The average Bonchev–Trinajstić information content (AvgIpc) is 3.50. The quantitative estimate of drug-likeness (QED) is 0.493. The summed E-state index contributed by atoms with van der Waals surface area (Å²) in [6.45, 7) is 0.692. The summed E-state index contributed by atoms with van der Waals surface area (Å²) in [4.78, 5) is 41.0. The fraction of sp³-hybridized carbons (Fsp3) is 0.824. The molecule has 3 atom stereocenters. The highest BCUT2D eigenvalue weighted by Gasteiger charge is 2.48. The van der Waals surface area contributed by atoms with E-state index < -0.39 is 16.1 Å². The summed E-state index contributed by atoms with van der Waals surface area (Å²) in [5.41, 5.74) is 0. The second-order valence-electron chi connectivity index (χ2n) is 8.38. The number of urea groups is 1. The molecular formula is C17H27N5O5S. The van der Waals surface area contributed by atoms with E-state index in [1.54, 1.807) is 4.90 Å². The van der Waals surface area contributed by atoms with Gasteiger partial charge >= 0.3 is 6.03 Å². The number of nitrogens with one attached hydrogen (secondary N) is 3. The highest BCUT2D eigenvalue weighted by atomic mass is 32.2. The van der Waals surface area contributed by atoms with Crippen molar-refractivity contribution >= 4 is 27.9 Å². The highest BCUT2D eigenvalue weighted by molar-refractivity contribution is 7.88. The largest absolute Gasteiger partial charge is 0.353 e. The molecule has 0 aromatic rings. The first-order valence-corrected chi connectivity index (χ1v) is 11.7. The predicted molar refractivity (Wildman–Crippen MR) is 99.7 cm³/mol. The maximum atomic E-state index is 13.1. The molecule has 28 heavy (non-hydrogen) atoms. The van der Waals surface area contributed by atoms with Gasteiger partial charge in [-0.3, -0.25) is 9.59 Å². The molecule has 0 aromatic carbocycles. The van der Waals surface area contributed by atoms with E-state index in [0.29, 0.717) is 13.0 Å². The predicted octanol–water partition coefficient (Wildman–Crippen LogP) is -1.41. The van der Waals surface area contributed by atoms with Crippen LogP contribution in [0.2, 0.25) is 0 Å². The zero-order valence-corrected chi connectivity index (χ0v) is 16.7. The Morgan fingerprint density at radius 2 is 1.82 bits per heavy atom. The molecule has 0 bridgehead atoms. The molecule has 2 saturated heterocycles. The first-order chi connectivity index (χ1) is 13.2. The number of nitrogens with zero attached hydrogens (tertiary/aromatic N) is 2. The number of fused-ring (bicyclic) bond motifs is 1. The van der Waals surface area contributed by atoms with E-state index in [4.69, 9.17) is 0 Å². The number of hydrogen-bond donors (Lipinski definition) is 3. The van der Waals surface area contributed by atoms with E-state index in [-0.39, 0.29) is 55.0 Å². The van der Waals surface area contributed by atoms with Crippen molar-refractivity contribution in [3.05, 3.63) is 0 Å². The number of carbonyl (C=O) groups excluding carboxylic acids is 3. The van der Waals surface area contributed by atoms with Crippen LogP contribution in [0.25, 0.3) is 0 Å². The second-order valence-corrected chi connectivity index (χ2v) is 10.2. The monoisotopic (exact) mass is 413 g/mol. The molecule has 0 radical (unpaired) electrons. The van der Waals surface area contributed by atoms with Gasteiger partial charge in [-0.25, -0.2) is 17.9 Å². The minimum atomic E-state index is -3.38. The SMILES string of the molecule is CS(=O)(=O)N[C@H]1C[C@H]2CN(C(=O)NC3CC3)[C@@H](CNC(=O)C3CC3)C(=O)N2C1. The van der Waals surface area contributed by atoms with Gasteiger partial charge in [0.1, 0.15) is 6.04 Å². The van der Waals surface area contributed by atoms with Crippen LogP contribution >= 0.6 is 0 Å². The summed E-state index contributed by atoms with van der Waals surface area (Å²) >= 11 is 0. The van der Waals surface area contributed by atoms with E-state index in [2.05, 4.69) is 15.4 Å². The van der Waals surface area contributed by atoms with Crippen LogP contribution in [-0.2, 0) is 19.6 Å². The molecule has 10 nitrogen and oxygen atoms in total. The van der Waals surface area contributed by atoms with E-state index in [0.717, 1.165) is 31.9 Å². The molecule has 4 fully saturated rings. The number of piperazine rings is 1. The van der Waals surface area contributed by atoms with E-state index in [9.17, 15) is 22.8 Å². The first kappa shape index (κ1) is 19.4. The van der Waals surface area contributed by atoms with Crippen LogP contribution in [0.1, 0.15) is 32.1 Å². The lowest BCUT2D eigenvalue weighted by atomic mass is 10.1. The number of hydrogen-bond acceptors (Lipinski definition) is 5. The third-order valence-electron chi connectivity index (χ3n) is 5.73. The topological polar surface area (TPSA) is 128 Å². The fourth-order valence-corrected chi connectivity index (χ4v) is 4.80. The molecule has 3 N–H and O–H groups in total. The minimum absolute atomic E-state index is 0.0234. The van der Waals surface area contributed by atoms with Crippen molar-refractivity contribution in [1.82, 2.24) is 25.2 Å². The first-order valence-electron chi connectivity index (χ1n) is 9.84. The maximum Gasteiger partial charge on any atom is 0.318 e. The van der Waals surface area contributed by atoms with Gasteiger partial charge < -0.3 is 20.4 Å². The summed E-state index contributed by atoms with van der Waals surface area (Å²) in [7, 11) is -3.38. The van der Waals surface area contributed by atoms with Gasteiger partial charge in [-0.05, 0) is 32.1 Å². The molecule has 11 heteroatoms. The zero-order valence-electron chi connectivity index (χ0n) is 15.9.